The molecule has 1 amide bonds. The van der Waals surface area contributed by atoms with Crippen LogP contribution >= 0.6 is 0 Å². The molecule has 0 radical (unpaired) electrons. The molecule has 0 saturated carbocycles. The number of carbonyl (C=O) groups is 1. The number of fused-ring (bicyclic) bond motifs is 4. The van der Waals surface area contributed by atoms with Crippen LogP contribution in [-0.4, -0.2) is 35.1 Å². The van der Waals surface area contributed by atoms with Crippen LogP contribution in [0.3, 0.4) is 0 Å². The van der Waals surface area contributed by atoms with E-state index in [-0.39, 0.29) is 17.5 Å². The van der Waals surface area contributed by atoms with Crippen molar-refractivity contribution in [3.8, 4) is 0 Å². The molecule has 6 heteroatoms. The van der Waals surface area contributed by atoms with Crippen molar-refractivity contribution in [3.63, 3.8) is 0 Å². The molecule has 2 bridgehead atoms. The van der Waals surface area contributed by atoms with Crippen molar-refractivity contribution in [1.29, 1.82) is 0 Å². The van der Waals surface area contributed by atoms with Crippen molar-refractivity contribution >= 4 is 11.7 Å². The molecule has 2 aliphatic rings. The monoisotopic (exact) mass is 408 g/mol. The van der Waals surface area contributed by atoms with Gasteiger partial charge in [-0.25, -0.2) is 4.98 Å². The standard InChI is InChI=1S/C24H32N4O2/c1-4-25-24(30)17-9-11-22(26-13-17)27-14-18-12-19(15-27)21(10-8-16(2)3)28-20(18)6-5-7-23(28)29/h5-7,9,11,13,16,18-19,21H,4,8,10,12,14-15H2,1-3H3,(H,25,30)/t18-,19+,21+/m1/s1. The minimum Gasteiger partial charge on any atom is -0.356 e. The van der Waals surface area contributed by atoms with Gasteiger partial charge in [0.25, 0.3) is 11.5 Å². The summed E-state index contributed by atoms with van der Waals surface area (Å²) in [5, 5.41) is 2.81. The fourth-order valence-electron chi connectivity index (χ4n) is 5.07. The number of hydrogen-bond donors (Lipinski definition) is 1. The van der Waals surface area contributed by atoms with Crippen molar-refractivity contribution in [3.05, 3.63) is 58.1 Å². The normalized spacial score (nSPS) is 22.7. The van der Waals surface area contributed by atoms with Crippen LogP contribution in [0.2, 0.25) is 0 Å². The van der Waals surface area contributed by atoms with Crippen LogP contribution in [0.1, 0.15) is 68.0 Å². The van der Waals surface area contributed by atoms with Crippen molar-refractivity contribution in [2.75, 3.05) is 24.5 Å². The Morgan fingerprint density at radius 2 is 2.07 bits per heavy atom. The highest BCUT2D eigenvalue weighted by molar-refractivity contribution is 5.94. The second-order valence-electron chi connectivity index (χ2n) is 9.06. The Hall–Kier alpha value is -2.63. The van der Waals surface area contributed by atoms with Gasteiger partial charge >= 0.3 is 0 Å². The van der Waals surface area contributed by atoms with Crippen LogP contribution in [0.25, 0.3) is 0 Å². The van der Waals surface area contributed by atoms with Gasteiger partial charge in [-0.1, -0.05) is 19.9 Å². The van der Waals surface area contributed by atoms with Crippen LogP contribution in [0, 0.1) is 11.8 Å². The van der Waals surface area contributed by atoms with E-state index in [1.807, 2.05) is 25.1 Å². The minimum absolute atomic E-state index is 0.0888. The van der Waals surface area contributed by atoms with Crippen molar-refractivity contribution in [2.24, 2.45) is 11.8 Å². The fourth-order valence-corrected chi connectivity index (χ4v) is 5.07. The van der Waals surface area contributed by atoms with Crippen LogP contribution in [0.15, 0.2) is 41.3 Å². The van der Waals surface area contributed by atoms with E-state index in [2.05, 4.69) is 39.7 Å². The van der Waals surface area contributed by atoms with Gasteiger partial charge in [-0.15, -0.1) is 0 Å². The molecule has 2 aliphatic heterocycles. The first-order valence-electron chi connectivity index (χ1n) is 11.2. The molecule has 0 aromatic carbocycles. The number of hydrogen-bond acceptors (Lipinski definition) is 4. The average Bonchev–Trinajstić information content (AvgIpc) is 2.74. The van der Waals surface area contributed by atoms with E-state index in [1.165, 1.54) is 0 Å². The van der Waals surface area contributed by atoms with Crippen LogP contribution < -0.4 is 15.8 Å². The lowest BCUT2D eigenvalue weighted by atomic mass is 9.76. The third-order valence-corrected chi connectivity index (χ3v) is 6.51. The summed E-state index contributed by atoms with van der Waals surface area (Å²) in [6.45, 7) is 8.75. The molecule has 30 heavy (non-hydrogen) atoms. The van der Waals surface area contributed by atoms with Gasteiger partial charge in [-0.05, 0) is 56.2 Å². The summed E-state index contributed by atoms with van der Waals surface area (Å²) in [5.74, 6) is 2.20. The Bertz CT molecular complexity index is 950. The van der Waals surface area contributed by atoms with Crippen molar-refractivity contribution < 1.29 is 4.79 Å². The predicted octanol–water partition coefficient (Wildman–Crippen LogP) is 3.59. The number of rotatable bonds is 6. The zero-order chi connectivity index (χ0) is 21.3. The molecule has 3 atom stereocenters. The molecule has 1 fully saturated rings. The Balaban J connectivity index is 1.61. The lowest BCUT2D eigenvalue weighted by Gasteiger charge is -2.47. The Labute approximate surface area is 178 Å². The van der Waals surface area contributed by atoms with Gasteiger partial charge in [0.05, 0.1) is 5.56 Å². The molecule has 2 aromatic rings. The maximum absolute atomic E-state index is 12.8. The van der Waals surface area contributed by atoms with Crippen LogP contribution in [0.4, 0.5) is 5.82 Å². The highest BCUT2D eigenvalue weighted by Crippen LogP contribution is 2.43. The van der Waals surface area contributed by atoms with Gasteiger partial charge in [-0.3, -0.25) is 9.59 Å². The van der Waals surface area contributed by atoms with E-state index in [9.17, 15) is 9.59 Å². The number of anilines is 1. The second-order valence-corrected chi connectivity index (χ2v) is 9.06. The molecule has 1 saturated heterocycles. The smallest absolute Gasteiger partial charge is 0.252 e. The van der Waals surface area contributed by atoms with Crippen molar-refractivity contribution in [2.45, 2.75) is 52.0 Å². The summed E-state index contributed by atoms with van der Waals surface area (Å²) in [4.78, 5) is 31.7. The minimum atomic E-state index is -0.0888. The van der Waals surface area contributed by atoms with E-state index in [1.54, 1.807) is 12.3 Å². The molecule has 6 nitrogen and oxygen atoms in total. The lowest BCUT2D eigenvalue weighted by molar-refractivity contribution is 0.0955. The molecule has 2 aromatic heterocycles. The molecule has 0 aliphatic carbocycles. The SMILES string of the molecule is CCNC(=O)c1ccc(N2C[C@H]3C[C@@H](C2)[C@H](CCC(C)C)n2c3cccc2=O)nc1. The Kier molecular flexibility index (Phi) is 5.93. The molecule has 4 heterocycles. The number of nitrogens with zero attached hydrogens (tertiary/aromatic N) is 3. The molecule has 0 unspecified atom stereocenters. The fraction of sp³-hybridized carbons (Fsp3) is 0.542. The number of amides is 1. The first-order valence-corrected chi connectivity index (χ1v) is 11.2. The molecular formula is C24H32N4O2. The zero-order valence-corrected chi connectivity index (χ0v) is 18.2. The largest absolute Gasteiger partial charge is 0.356 e. The van der Waals surface area contributed by atoms with Crippen LogP contribution in [-0.2, 0) is 0 Å². The first kappa shape index (κ1) is 20.6. The summed E-state index contributed by atoms with van der Waals surface area (Å²) >= 11 is 0. The molecule has 1 N–H and O–H groups in total. The Morgan fingerprint density at radius 1 is 1.23 bits per heavy atom. The average molecular weight is 409 g/mol. The van der Waals surface area contributed by atoms with E-state index in [0.29, 0.717) is 29.9 Å². The molecule has 0 spiro atoms. The van der Waals surface area contributed by atoms with Gasteiger partial charge in [0.2, 0.25) is 0 Å². The number of nitrogens with one attached hydrogen (secondary N) is 1. The lowest BCUT2D eigenvalue weighted by Crippen LogP contribution is -2.49. The Morgan fingerprint density at radius 3 is 2.77 bits per heavy atom. The topological polar surface area (TPSA) is 67.2 Å². The van der Waals surface area contributed by atoms with E-state index in [4.69, 9.17) is 0 Å². The predicted molar refractivity (Wildman–Crippen MR) is 119 cm³/mol. The van der Waals surface area contributed by atoms with Gasteiger partial charge in [0.1, 0.15) is 5.82 Å². The summed E-state index contributed by atoms with van der Waals surface area (Å²) in [5.41, 5.74) is 1.88. The quantitative estimate of drug-likeness (QED) is 0.793. The molecule has 4 rings (SSSR count). The van der Waals surface area contributed by atoms with Gasteiger partial charge in [0, 0.05) is 49.6 Å². The van der Waals surface area contributed by atoms with E-state index < -0.39 is 0 Å². The molecule has 160 valence electrons. The maximum atomic E-state index is 12.8. The van der Waals surface area contributed by atoms with E-state index >= 15 is 0 Å². The number of piperidine rings is 1. The molecular weight excluding hydrogens is 376 g/mol. The van der Waals surface area contributed by atoms with E-state index in [0.717, 1.165) is 43.9 Å². The highest BCUT2D eigenvalue weighted by Gasteiger charge is 2.40. The summed E-state index contributed by atoms with van der Waals surface area (Å²) < 4.78 is 2.09. The summed E-state index contributed by atoms with van der Waals surface area (Å²) in [6.07, 6.45) is 4.94. The van der Waals surface area contributed by atoms with Crippen molar-refractivity contribution in [1.82, 2.24) is 14.9 Å². The third kappa shape index (κ3) is 4.00. The second kappa shape index (κ2) is 8.62. The van der Waals surface area contributed by atoms with Gasteiger partial charge < -0.3 is 14.8 Å². The van der Waals surface area contributed by atoms with Crippen LogP contribution in [0.5, 0.6) is 0 Å². The summed E-state index contributed by atoms with van der Waals surface area (Å²) in [6, 6.07) is 9.77. The number of aromatic nitrogens is 2. The summed E-state index contributed by atoms with van der Waals surface area (Å²) in [7, 11) is 0. The highest BCUT2D eigenvalue weighted by atomic mass is 16.1. The van der Waals surface area contributed by atoms with Gasteiger partial charge in [0.15, 0.2) is 0 Å². The number of carbonyl (C=O) groups excluding carboxylic acids is 1. The number of pyridine rings is 2. The van der Waals surface area contributed by atoms with Gasteiger partial charge in [-0.2, -0.15) is 0 Å². The third-order valence-electron chi connectivity index (χ3n) is 6.51. The maximum Gasteiger partial charge on any atom is 0.252 e. The first-order chi connectivity index (χ1) is 14.5. The zero-order valence-electron chi connectivity index (χ0n) is 18.2.